The third-order valence-corrected chi connectivity index (χ3v) is 5.28. The van der Waals surface area contributed by atoms with Gasteiger partial charge in [-0.1, -0.05) is 36.8 Å². The molecule has 1 aliphatic heterocycles. The van der Waals surface area contributed by atoms with E-state index in [1.54, 1.807) is 0 Å². The quantitative estimate of drug-likeness (QED) is 0.819. The number of esters is 1. The summed E-state index contributed by atoms with van der Waals surface area (Å²) in [5, 5.41) is 3.70. The standard InChI is InChI=1S/C19H28N2O2/c1-23-19(22)11-16-10-17(14-21(13-16)18-8-5-9-18)20-12-15-6-3-2-4-7-15/h2-4,6-7,16-18,20H,5,8-14H2,1H3. The Morgan fingerprint density at radius 3 is 2.70 bits per heavy atom. The van der Waals surface area contributed by atoms with Crippen LogP contribution in [0.1, 0.15) is 37.7 Å². The summed E-state index contributed by atoms with van der Waals surface area (Å²) in [5.41, 5.74) is 1.32. The minimum Gasteiger partial charge on any atom is -0.469 e. The van der Waals surface area contributed by atoms with Crippen LogP contribution in [0.5, 0.6) is 0 Å². The smallest absolute Gasteiger partial charge is 0.305 e. The summed E-state index contributed by atoms with van der Waals surface area (Å²) in [6.45, 7) is 3.05. The van der Waals surface area contributed by atoms with E-state index in [1.165, 1.54) is 31.9 Å². The summed E-state index contributed by atoms with van der Waals surface area (Å²) in [5.74, 6) is 0.331. The average molecular weight is 316 g/mol. The van der Waals surface area contributed by atoms with Crippen LogP contribution in [0.4, 0.5) is 0 Å². The summed E-state index contributed by atoms with van der Waals surface area (Å²) in [6, 6.07) is 11.7. The second kappa shape index (κ2) is 7.93. The molecule has 0 bridgehead atoms. The number of nitrogens with one attached hydrogen (secondary N) is 1. The minimum absolute atomic E-state index is 0.0766. The number of ether oxygens (including phenoxy) is 1. The van der Waals surface area contributed by atoms with Crippen LogP contribution < -0.4 is 5.32 Å². The van der Waals surface area contributed by atoms with Gasteiger partial charge in [0.25, 0.3) is 0 Å². The molecule has 1 aromatic rings. The lowest BCUT2D eigenvalue weighted by Gasteiger charge is -2.45. The fourth-order valence-corrected chi connectivity index (χ4v) is 3.76. The maximum Gasteiger partial charge on any atom is 0.305 e. The topological polar surface area (TPSA) is 41.6 Å². The van der Waals surface area contributed by atoms with Gasteiger partial charge >= 0.3 is 5.97 Å². The molecule has 23 heavy (non-hydrogen) atoms. The van der Waals surface area contributed by atoms with Crippen molar-refractivity contribution in [1.82, 2.24) is 10.2 Å². The molecule has 4 heteroatoms. The molecule has 2 aliphatic rings. The third-order valence-electron chi connectivity index (χ3n) is 5.28. The van der Waals surface area contributed by atoms with Crippen molar-refractivity contribution in [3.05, 3.63) is 35.9 Å². The Labute approximate surface area is 139 Å². The number of methoxy groups -OCH3 is 1. The van der Waals surface area contributed by atoms with Crippen LogP contribution in [0.25, 0.3) is 0 Å². The fraction of sp³-hybridized carbons (Fsp3) is 0.632. The van der Waals surface area contributed by atoms with Crippen LogP contribution in [0.2, 0.25) is 0 Å². The van der Waals surface area contributed by atoms with Gasteiger partial charge in [-0.25, -0.2) is 0 Å². The Balaban J connectivity index is 1.57. The SMILES string of the molecule is COC(=O)CC1CC(NCc2ccccc2)CN(C2CCC2)C1. The van der Waals surface area contributed by atoms with E-state index in [0.29, 0.717) is 18.4 Å². The maximum absolute atomic E-state index is 11.7. The molecule has 1 aliphatic carbocycles. The highest BCUT2D eigenvalue weighted by Gasteiger charge is 2.34. The Morgan fingerprint density at radius 1 is 1.26 bits per heavy atom. The lowest BCUT2D eigenvalue weighted by molar-refractivity contribution is -0.142. The van der Waals surface area contributed by atoms with Gasteiger partial charge in [-0.2, -0.15) is 0 Å². The van der Waals surface area contributed by atoms with Crippen LogP contribution >= 0.6 is 0 Å². The van der Waals surface area contributed by atoms with Gasteiger partial charge in [0.2, 0.25) is 0 Å². The highest BCUT2D eigenvalue weighted by Crippen LogP contribution is 2.30. The maximum atomic E-state index is 11.7. The first-order valence-corrected chi connectivity index (χ1v) is 8.82. The third kappa shape index (κ3) is 4.55. The van der Waals surface area contributed by atoms with Crippen LogP contribution in [0.3, 0.4) is 0 Å². The minimum atomic E-state index is -0.0766. The summed E-state index contributed by atoms with van der Waals surface area (Å²) < 4.78 is 4.88. The predicted molar refractivity (Wildman–Crippen MR) is 91.0 cm³/mol. The molecule has 2 atom stereocenters. The first-order chi connectivity index (χ1) is 11.2. The van der Waals surface area contributed by atoms with Crippen molar-refractivity contribution in [2.75, 3.05) is 20.2 Å². The zero-order chi connectivity index (χ0) is 16.1. The van der Waals surface area contributed by atoms with Crippen molar-refractivity contribution >= 4 is 5.97 Å². The van der Waals surface area contributed by atoms with Gasteiger partial charge in [-0.05, 0) is 30.7 Å². The molecular formula is C19H28N2O2. The Kier molecular flexibility index (Phi) is 5.68. The van der Waals surface area contributed by atoms with Crippen molar-refractivity contribution in [3.63, 3.8) is 0 Å². The van der Waals surface area contributed by atoms with Gasteiger partial charge in [-0.15, -0.1) is 0 Å². The second-order valence-corrected chi connectivity index (χ2v) is 6.98. The number of nitrogens with zero attached hydrogens (tertiary/aromatic N) is 1. The number of benzene rings is 1. The average Bonchev–Trinajstić information content (AvgIpc) is 2.52. The Hall–Kier alpha value is -1.39. The predicted octanol–water partition coefficient (Wildman–Crippen LogP) is 2.58. The van der Waals surface area contributed by atoms with E-state index in [2.05, 4.69) is 40.5 Å². The molecule has 1 aromatic carbocycles. The largest absolute Gasteiger partial charge is 0.469 e. The number of likely N-dealkylation sites (tertiary alicyclic amines) is 1. The van der Waals surface area contributed by atoms with Gasteiger partial charge in [0.1, 0.15) is 0 Å². The van der Waals surface area contributed by atoms with Crippen LogP contribution in [0.15, 0.2) is 30.3 Å². The van der Waals surface area contributed by atoms with Crippen molar-refractivity contribution in [2.45, 2.75) is 50.7 Å². The molecule has 2 unspecified atom stereocenters. The van der Waals surface area contributed by atoms with Gasteiger partial charge < -0.3 is 10.1 Å². The van der Waals surface area contributed by atoms with E-state index < -0.39 is 0 Å². The van der Waals surface area contributed by atoms with Crippen molar-refractivity contribution in [1.29, 1.82) is 0 Å². The second-order valence-electron chi connectivity index (χ2n) is 6.98. The molecule has 1 heterocycles. The van der Waals surface area contributed by atoms with Crippen LogP contribution in [0, 0.1) is 5.92 Å². The molecule has 1 saturated carbocycles. The number of rotatable bonds is 6. The molecule has 0 amide bonds. The van der Waals surface area contributed by atoms with E-state index >= 15 is 0 Å². The zero-order valence-corrected chi connectivity index (χ0v) is 14.0. The monoisotopic (exact) mass is 316 g/mol. The number of carbonyl (C=O) groups excluding carboxylic acids is 1. The molecule has 2 fully saturated rings. The van der Waals surface area contributed by atoms with Crippen molar-refractivity contribution in [2.24, 2.45) is 5.92 Å². The molecule has 126 valence electrons. The molecule has 0 spiro atoms. The van der Waals surface area contributed by atoms with Crippen molar-refractivity contribution in [3.8, 4) is 0 Å². The molecular weight excluding hydrogens is 288 g/mol. The molecule has 1 saturated heterocycles. The number of hydrogen-bond donors (Lipinski definition) is 1. The van der Waals surface area contributed by atoms with E-state index in [0.717, 1.165) is 32.1 Å². The molecule has 0 radical (unpaired) electrons. The highest BCUT2D eigenvalue weighted by atomic mass is 16.5. The number of carbonyl (C=O) groups is 1. The van der Waals surface area contributed by atoms with Crippen LogP contribution in [-0.2, 0) is 16.1 Å². The number of piperidine rings is 1. The van der Waals surface area contributed by atoms with Gasteiger partial charge in [-0.3, -0.25) is 9.69 Å². The molecule has 1 N–H and O–H groups in total. The molecule has 4 nitrogen and oxygen atoms in total. The molecule has 0 aromatic heterocycles. The van der Waals surface area contributed by atoms with Gasteiger partial charge in [0, 0.05) is 38.1 Å². The van der Waals surface area contributed by atoms with E-state index in [4.69, 9.17) is 4.74 Å². The Morgan fingerprint density at radius 2 is 2.04 bits per heavy atom. The first-order valence-electron chi connectivity index (χ1n) is 8.82. The Bertz CT molecular complexity index is 501. The van der Waals surface area contributed by atoms with Gasteiger partial charge in [0.05, 0.1) is 7.11 Å². The lowest BCUT2D eigenvalue weighted by Crippen LogP contribution is -2.54. The highest BCUT2D eigenvalue weighted by molar-refractivity contribution is 5.69. The summed E-state index contributed by atoms with van der Waals surface area (Å²) >= 11 is 0. The normalized spacial score (nSPS) is 25.8. The fourth-order valence-electron chi connectivity index (χ4n) is 3.76. The zero-order valence-electron chi connectivity index (χ0n) is 14.0. The summed E-state index contributed by atoms with van der Waals surface area (Å²) in [6.07, 6.45) is 5.59. The summed E-state index contributed by atoms with van der Waals surface area (Å²) in [7, 11) is 1.49. The van der Waals surface area contributed by atoms with E-state index in [9.17, 15) is 4.79 Å². The van der Waals surface area contributed by atoms with Crippen LogP contribution in [-0.4, -0.2) is 43.2 Å². The van der Waals surface area contributed by atoms with Gasteiger partial charge in [0.15, 0.2) is 0 Å². The first kappa shape index (κ1) is 16.5. The lowest BCUT2D eigenvalue weighted by atomic mass is 9.85. The van der Waals surface area contributed by atoms with E-state index in [1.807, 2.05) is 0 Å². The number of hydrogen-bond acceptors (Lipinski definition) is 4. The van der Waals surface area contributed by atoms with E-state index in [-0.39, 0.29) is 5.97 Å². The summed E-state index contributed by atoms with van der Waals surface area (Å²) in [4.78, 5) is 14.3. The molecule has 3 rings (SSSR count). The van der Waals surface area contributed by atoms with Crippen molar-refractivity contribution < 1.29 is 9.53 Å².